The van der Waals surface area contributed by atoms with Gasteiger partial charge in [-0.15, -0.1) is 0 Å². The Morgan fingerprint density at radius 3 is 2.58 bits per heavy atom. The molecule has 0 spiro atoms. The van der Waals surface area contributed by atoms with Gasteiger partial charge in [-0.1, -0.05) is 36.4 Å². The Balaban J connectivity index is 1.98. The van der Waals surface area contributed by atoms with Crippen LogP contribution in [-0.2, 0) is 6.54 Å². The lowest BCUT2D eigenvalue weighted by atomic mass is 10.0. The molecule has 0 aliphatic heterocycles. The van der Waals surface area contributed by atoms with Gasteiger partial charge in [0.1, 0.15) is 5.75 Å². The summed E-state index contributed by atoms with van der Waals surface area (Å²) in [4.78, 5) is 11.4. The number of benzene rings is 3. The second kappa shape index (κ2) is 7.48. The van der Waals surface area contributed by atoms with Crippen molar-refractivity contribution in [2.75, 3.05) is 5.32 Å². The summed E-state index contributed by atoms with van der Waals surface area (Å²) in [6.07, 6.45) is 0.0759. The predicted molar refractivity (Wildman–Crippen MR) is 105 cm³/mol. The molecule has 0 aliphatic carbocycles. The first-order valence-corrected chi connectivity index (χ1v) is 8.71. The van der Waals surface area contributed by atoms with E-state index in [9.17, 15) is 9.90 Å². The third kappa shape index (κ3) is 3.64. The summed E-state index contributed by atoms with van der Waals surface area (Å²) < 4.78 is 6.00. The highest BCUT2D eigenvalue weighted by atomic mass is 16.5. The van der Waals surface area contributed by atoms with E-state index in [1.165, 1.54) is 0 Å². The largest absolute Gasteiger partial charge is 0.491 e. The van der Waals surface area contributed by atoms with Crippen molar-refractivity contribution < 1.29 is 14.6 Å². The summed E-state index contributed by atoms with van der Waals surface area (Å²) >= 11 is 0. The number of carbonyl (C=O) groups is 1. The third-order valence-corrected chi connectivity index (χ3v) is 4.38. The minimum atomic E-state index is -0.917. The first-order chi connectivity index (χ1) is 12.5. The lowest BCUT2D eigenvalue weighted by molar-refractivity contribution is 0.0696. The van der Waals surface area contributed by atoms with Gasteiger partial charge in [-0.2, -0.15) is 0 Å². The fraction of sp³-hybridized carbons (Fsp3) is 0.227. The Labute approximate surface area is 153 Å². The quantitative estimate of drug-likeness (QED) is 0.638. The fourth-order valence-corrected chi connectivity index (χ4v) is 3.11. The summed E-state index contributed by atoms with van der Waals surface area (Å²) in [6, 6.07) is 17.5. The minimum absolute atomic E-state index is 0.0759. The van der Waals surface area contributed by atoms with Crippen LogP contribution < -0.4 is 10.1 Å². The number of nitrogens with one attached hydrogen (secondary N) is 1. The second-order valence-corrected chi connectivity index (χ2v) is 6.57. The molecule has 0 heterocycles. The molecule has 3 rings (SSSR count). The fourth-order valence-electron chi connectivity index (χ4n) is 3.11. The molecule has 0 aromatic heterocycles. The molecule has 0 atom stereocenters. The van der Waals surface area contributed by atoms with Crippen LogP contribution in [0.5, 0.6) is 5.75 Å². The number of anilines is 1. The molecular weight excluding hydrogens is 326 g/mol. The number of carboxylic acids is 1. The summed E-state index contributed by atoms with van der Waals surface area (Å²) in [5, 5.41) is 15.0. The minimum Gasteiger partial charge on any atom is -0.491 e. The van der Waals surface area contributed by atoms with Gasteiger partial charge in [-0.3, -0.25) is 0 Å². The molecule has 0 saturated heterocycles. The lowest BCUT2D eigenvalue weighted by Gasteiger charge is -2.18. The highest BCUT2D eigenvalue weighted by Gasteiger charge is 2.13. The molecule has 0 radical (unpaired) electrons. The van der Waals surface area contributed by atoms with Gasteiger partial charge in [0.05, 0.1) is 11.7 Å². The SMILES string of the molecule is Cc1c(NCc2c(OC(C)C)ccc3ccccc23)cccc1C(=O)O. The van der Waals surface area contributed by atoms with E-state index in [2.05, 4.69) is 23.5 Å². The number of hydrogen-bond donors (Lipinski definition) is 2. The summed E-state index contributed by atoms with van der Waals surface area (Å²) in [6.45, 7) is 6.38. The molecule has 134 valence electrons. The number of carboxylic acid groups (broad SMARTS) is 1. The first kappa shape index (κ1) is 17.8. The standard InChI is InChI=1S/C22H23NO3/c1-14(2)26-21-12-11-16-7-4-5-8-18(16)19(21)13-23-20-10-6-9-17(15(20)3)22(24)25/h4-12,14,23H,13H2,1-3H3,(H,24,25). The second-order valence-electron chi connectivity index (χ2n) is 6.57. The molecular formula is C22H23NO3. The maximum absolute atomic E-state index is 11.4. The number of rotatable bonds is 6. The van der Waals surface area contributed by atoms with Crippen molar-refractivity contribution in [3.63, 3.8) is 0 Å². The Bertz CT molecular complexity index is 947. The van der Waals surface area contributed by atoms with Crippen LogP contribution in [0.4, 0.5) is 5.69 Å². The molecule has 0 bridgehead atoms. The van der Waals surface area contributed by atoms with Gasteiger partial charge in [0.2, 0.25) is 0 Å². The Morgan fingerprint density at radius 2 is 1.85 bits per heavy atom. The van der Waals surface area contributed by atoms with Crippen molar-refractivity contribution in [1.82, 2.24) is 0 Å². The molecule has 3 aromatic carbocycles. The van der Waals surface area contributed by atoms with Crippen molar-refractivity contribution in [2.24, 2.45) is 0 Å². The van der Waals surface area contributed by atoms with E-state index >= 15 is 0 Å². The van der Waals surface area contributed by atoms with Crippen LogP contribution >= 0.6 is 0 Å². The summed E-state index contributed by atoms with van der Waals surface area (Å²) in [7, 11) is 0. The number of aromatic carboxylic acids is 1. The molecule has 0 aliphatic rings. The van der Waals surface area contributed by atoms with Gasteiger partial charge in [0.15, 0.2) is 0 Å². The maximum atomic E-state index is 11.4. The van der Waals surface area contributed by atoms with Gasteiger partial charge in [-0.05, 0) is 55.3 Å². The van der Waals surface area contributed by atoms with E-state index in [0.29, 0.717) is 12.1 Å². The number of hydrogen-bond acceptors (Lipinski definition) is 3. The van der Waals surface area contributed by atoms with E-state index in [-0.39, 0.29) is 6.10 Å². The normalized spacial score (nSPS) is 10.9. The van der Waals surface area contributed by atoms with Crippen molar-refractivity contribution in [3.8, 4) is 5.75 Å². The first-order valence-electron chi connectivity index (χ1n) is 8.71. The van der Waals surface area contributed by atoms with Gasteiger partial charge in [-0.25, -0.2) is 4.79 Å². The smallest absolute Gasteiger partial charge is 0.336 e. The van der Waals surface area contributed by atoms with Crippen molar-refractivity contribution in [3.05, 3.63) is 71.3 Å². The van der Waals surface area contributed by atoms with E-state index in [1.807, 2.05) is 45.0 Å². The maximum Gasteiger partial charge on any atom is 0.336 e. The van der Waals surface area contributed by atoms with Gasteiger partial charge < -0.3 is 15.2 Å². The zero-order valence-corrected chi connectivity index (χ0v) is 15.2. The van der Waals surface area contributed by atoms with Crippen LogP contribution in [0.2, 0.25) is 0 Å². The molecule has 2 N–H and O–H groups in total. The molecule has 0 unspecified atom stereocenters. The zero-order chi connectivity index (χ0) is 18.7. The number of fused-ring (bicyclic) bond motifs is 1. The van der Waals surface area contributed by atoms with Gasteiger partial charge >= 0.3 is 5.97 Å². The average molecular weight is 349 g/mol. The van der Waals surface area contributed by atoms with Crippen LogP contribution in [0.1, 0.15) is 35.3 Å². The molecule has 26 heavy (non-hydrogen) atoms. The zero-order valence-electron chi connectivity index (χ0n) is 15.2. The van der Waals surface area contributed by atoms with Gasteiger partial charge in [0, 0.05) is 17.8 Å². The van der Waals surface area contributed by atoms with Crippen molar-refractivity contribution in [2.45, 2.75) is 33.4 Å². The van der Waals surface area contributed by atoms with Crippen LogP contribution in [0.15, 0.2) is 54.6 Å². The van der Waals surface area contributed by atoms with E-state index in [4.69, 9.17) is 4.74 Å². The highest BCUT2D eigenvalue weighted by Crippen LogP contribution is 2.30. The van der Waals surface area contributed by atoms with E-state index in [1.54, 1.807) is 12.1 Å². The van der Waals surface area contributed by atoms with E-state index in [0.717, 1.165) is 33.3 Å². The van der Waals surface area contributed by atoms with E-state index < -0.39 is 5.97 Å². The predicted octanol–water partition coefficient (Wildman–Crippen LogP) is 5.25. The average Bonchev–Trinajstić information content (AvgIpc) is 2.61. The van der Waals surface area contributed by atoms with Crippen LogP contribution in [0.3, 0.4) is 0 Å². The highest BCUT2D eigenvalue weighted by molar-refractivity contribution is 5.91. The Morgan fingerprint density at radius 1 is 1.08 bits per heavy atom. The molecule has 4 nitrogen and oxygen atoms in total. The van der Waals surface area contributed by atoms with Crippen molar-refractivity contribution in [1.29, 1.82) is 0 Å². The molecule has 0 fully saturated rings. The van der Waals surface area contributed by atoms with Crippen LogP contribution in [-0.4, -0.2) is 17.2 Å². The topological polar surface area (TPSA) is 58.6 Å². The molecule has 0 saturated carbocycles. The molecule has 0 amide bonds. The van der Waals surface area contributed by atoms with Crippen LogP contribution in [0.25, 0.3) is 10.8 Å². The summed E-state index contributed by atoms with van der Waals surface area (Å²) in [5.74, 6) is -0.0709. The lowest BCUT2D eigenvalue weighted by Crippen LogP contribution is -2.11. The third-order valence-electron chi connectivity index (χ3n) is 4.38. The molecule has 4 heteroatoms. The van der Waals surface area contributed by atoms with Gasteiger partial charge in [0.25, 0.3) is 0 Å². The summed E-state index contributed by atoms with van der Waals surface area (Å²) in [5.41, 5.74) is 2.92. The van der Waals surface area contributed by atoms with Crippen molar-refractivity contribution >= 4 is 22.4 Å². The van der Waals surface area contributed by atoms with Crippen LogP contribution in [0, 0.1) is 6.92 Å². The monoisotopic (exact) mass is 349 g/mol. The number of ether oxygens (including phenoxy) is 1. The Hall–Kier alpha value is -3.01. The molecule has 3 aromatic rings. The Kier molecular flexibility index (Phi) is 5.12.